The Labute approximate surface area is 127 Å². The molecular weight excluding hydrogens is 264 g/mol. The van der Waals surface area contributed by atoms with Gasteiger partial charge in [-0.25, -0.2) is 0 Å². The summed E-state index contributed by atoms with van der Waals surface area (Å²) in [7, 11) is 1.70. The zero-order valence-electron chi connectivity index (χ0n) is 13.0. The molecule has 116 valence electrons. The lowest BCUT2D eigenvalue weighted by molar-refractivity contribution is -0.120. The summed E-state index contributed by atoms with van der Waals surface area (Å²) in [6.45, 7) is 3.81. The SMILES string of the molecule is CCCNC(=O)CNC(=NC)NCCCc1ccccc1. The summed E-state index contributed by atoms with van der Waals surface area (Å²) in [4.78, 5) is 15.6. The molecule has 0 aromatic heterocycles. The van der Waals surface area contributed by atoms with Crippen molar-refractivity contribution in [3.8, 4) is 0 Å². The Morgan fingerprint density at radius 3 is 2.52 bits per heavy atom. The fraction of sp³-hybridized carbons (Fsp3) is 0.500. The number of amides is 1. The van der Waals surface area contributed by atoms with Crippen molar-refractivity contribution in [2.24, 2.45) is 4.99 Å². The lowest BCUT2D eigenvalue weighted by Gasteiger charge is -2.11. The smallest absolute Gasteiger partial charge is 0.239 e. The zero-order chi connectivity index (χ0) is 15.3. The zero-order valence-corrected chi connectivity index (χ0v) is 13.0. The Kier molecular flexibility index (Phi) is 8.68. The van der Waals surface area contributed by atoms with Crippen molar-refractivity contribution < 1.29 is 4.79 Å². The predicted octanol–water partition coefficient (Wildman–Crippen LogP) is 1.31. The summed E-state index contributed by atoms with van der Waals surface area (Å²) >= 11 is 0. The number of hydrogen-bond donors (Lipinski definition) is 3. The molecule has 0 fully saturated rings. The Morgan fingerprint density at radius 2 is 1.86 bits per heavy atom. The quantitative estimate of drug-likeness (QED) is 0.384. The van der Waals surface area contributed by atoms with E-state index in [1.54, 1.807) is 7.05 Å². The average molecular weight is 290 g/mol. The molecule has 5 heteroatoms. The van der Waals surface area contributed by atoms with Gasteiger partial charge in [0.05, 0.1) is 6.54 Å². The largest absolute Gasteiger partial charge is 0.356 e. The predicted molar refractivity (Wildman–Crippen MR) is 87.4 cm³/mol. The first-order chi connectivity index (χ1) is 10.3. The van der Waals surface area contributed by atoms with E-state index >= 15 is 0 Å². The summed E-state index contributed by atoms with van der Waals surface area (Å²) in [6, 6.07) is 10.4. The molecule has 0 unspecified atom stereocenters. The van der Waals surface area contributed by atoms with Crippen molar-refractivity contribution in [1.82, 2.24) is 16.0 Å². The normalized spacial score (nSPS) is 11.0. The molecule has 0 saturated heterocycles. The molecule has 0 aliphatic heterocycles. The van der Waals surface area contributed by atoms with Gasteiger partial charge in [-0.15, -0.1) is 0 Å². The molecule has 5 nitrogen and oxygen atoms in total. The number of nitrogens with zero attached hydrogens (tertiary/aromatic N) is 1. The van der Waals surface area contributed by atoms with E-state index < -0.39 is 0 Å². The van der Waals surface area contributed by atoms with Crippen molar-refractivity contribution in [3.63, 3.8) is 0 Å². The molecule has 0 heterocycles. The number of benzene rings is 1. The van der Waals surface area contributed by atoms with Gasteiger partial charge >= 0.3 is 0 Å². The van der Waals surface area contributed by atoms with Crippen LogP contribution in [0.2, 0.25) is 0 Å². The van der Waals surface area contributed by atoms with E-state index in [9.17, 15) is 4.79 Å². The number of nitrogens with one attached hydrogen (secondary N) is 3. The van der Waals surface area contributed by atoms with Gasteiger partial charge in [-0.1, -0.05) is 37.3 Å². The van der Waals surface area contributed by atoms with E-state index in [2.05, 4.69) is 45.2 Å². The molecule has 0 aliphatic rings. The second kappa shape index (κ2) is 10.7. The summed E-state index contributed by atoms with van der Waals surface area (Å²) in [6.07, 6.45) is 2.99. The van der Waals surface area contributed by atoms with Crippen LogP contribution in [0.3, 0.4) is 0 Å². The van der Waals surface area contributed by atoms with Gasteiger partial charge < -0.3 is 16.0 Å². The van der Waals surface area contributed by atoms with E-state index in [0.717, 1.165) is 25.8 Å². The van der Waals surface area contributed by atoms with Crippen LogP contribution in [0.1, 0.15) is 25.3 Å². The standard InChI is InChI=1S/C16H26N4O/c1-3-11-18-15(21)13-20-16(17-2)19-12-7-10-14-8-5-4-6-9-14/h4-6,8-9H,3,7,10-13H2,1-2H3,(H,18,21)(H2,17,19,20). The van der Waals surface area contributed by atoms with Crippen LogP contribution in [0.25, 0.3) is 0 Å². The maximum absolute atomic E-state index is 11.5. The molecule has 0 spiro atoms. The highest BCUT2D eigenvalue weighted by atomic mass is 16.1. The van der Waals surface area contributed by atoms with Crippen LogP contribution in [-0.4, -0.2) is 38.5 Å². The molecule has 21 heavy (non-hydrogen) atoms. The fourth-order valence-corrected chi connectivity index (χ4v) is 1.86. The third-order valence-corrected chi connectivity index (χ3v) is 2.99. The second-order valence-corrected chi connectivity index (χ2v) is 4.79. The van der Waals surface area contributed by atoms with Crippen molar-refractivity contribution in [2.75, 3.05) is 26.7 Å². The van der Waals surface area contributed by atoms with Crippen molar-refractivity contribution >= 4 is 11.9 Å². The number of carbonyl (C=O) groups excluding carboxylic acids is 1. The monoisotopic (exact) mass is 290 g/mol. The van der Waals surface area contributed by atoms with Crippen LogP contribution >= 0.6 is 0 Å². The molecule has 1 aromatic rings. The number of guanidine groups is 1. The molecule has 1 rings (SSSR count). The number of rotatable bonds is 8. The molecule has 3 N–H and O–H groups in total. The first kappa shape index (κ1) is 17.0. The highest BCUT2D eigenvalue weighted by Crippen LogP contribution is 2.01. The first-order valence-corrected chi connectivity index (χ1v) is 7.51. The molecular formula is C16H26N4O. The van der Waals surface area contributed by atoms with E-state index in [1.807, 2.05) is 13.0 Å². The van der Waals surface area contributed by atoms with Crippen molar-refractivity contribution in [2.45, 2.75) is 26.2 Å². The van der Waals surface area contributed by atoms with E-state index in [0.29, 0.717) is 12.5 Å². The van der Waals surface area contributed by atoms with Gasteiger partial charge in [0.2, 0.25) is 5.91 Å². The van der Waals surface area contributed by atoms with Gasteiger partial charge in [0.1, 0.15) is 0 Å². The van der Waals surface area contributed by atoms with Gasteiger partial charge in [0.15, 0.2) is 5.96 Å². The highest BCUT2D eigenvalue weighted by molar-refractivity contribution is 5.86. The third kappa shape index (κ3) is 7.97. The van der Waals surface area contributed by atoms with Crippen LogP contribution < -0.4 is 16.0 Å². The van der Waals surface area contributed by atoms with Crippen molar-refractivity contribution in [1.29, 1.82) is 0 Å². The minimum absolute atomic E-state index is 0.0101. The third-order valence-electron chi connectivity index (χ3n) is 2.99. The topological polar surface area (TPSA) is 65.5 Å². The maximum atomic E-state index is 11.5. The summed E-state index contributed by atoms with van der Waals surface area (Å²) in [5, 5.41) is 9.03. The van der Waals surface area contributed by atoms with Gasteiger partial charge in [0.25, 0.3) is 0 Å². The molecule has 0 bridgehead atoms. The van der Waals surface area contributed by atoms with Gasteiger partial charge in [-0.3, -0.25) is 9.79 Å². The number of aliphatic imine (C=N–C) groups is 1. The first-order valence-electron chi connectivity index (χ1n) is 7.51. The molecule has 0 saturated carbocycles. The van der Waals surface area contributed by atoms with Crippen LogP contribution in [0.4, 0.5) is 0 Å². The number of aryl methyl sites for hydroxylation is 1. The van der Waals surface area contributed by atoms with Crippen LogP contribution in [-0.2, 0) is 11.2 Å². The molecule has 1 aromatic carbocycles. The lowest BCUT2D eigenvalue weighted by Crippen LogP contribution is -2.43. The minimum Gasteiger partial charge on any atom is -0.356 e. The van der Waals surface area contributed by atoms with E-state index in [-0.39, 0.29) is 12.5 Å². The summed E-state index contributed by atoms with van der Waals surface area (Å²) < 4.78 is 0. The molecule has 0 radical (unpaired) electrons. The second-order valence-electron chi connectivity index (χ2n) is 4.79. The number of hydrogen-bond acceptors (Lipinski definition) is 2. The van der Waals surface area contributed by atoms with Gasteiger partial charge in [-0.2, -0.15) is 0 Å². The fourth-order valence-electron chi connectivity index (χ4n) is 1.86. The maximum Gasteiger partial charge on any atom is 0.239 e. The molecule has 0 atom stereocenters. The Morgan fingerprint density at radius 1 is 1.10 bits per heavy atom. The summed E-state index contributed by atoms with van der Waals surface area (Å²) in [5.41, 5.74) is 1.33. The van der Waals surface area contributed by atoms with Crippen LogP contribution in [0, 0.1) is 0 Å². The minimum atomic E-state index is -0.0101. The Bertz CT molecular complexity index is 431. The highest BCUT2D eigenvalue weighted by Gasteiger charge is 2.02. The lowest BCUT2D eigenvalue weighted by atomic mass is 10.1. The van der Waals surface area contributed by atoms with Gasteiger partial charge in [-0.05, 0) is 24.8 Å². The average Bonchev–Trinajstić information content (AvgIpc) is 2.53. The van der Waals surface area contributed by atoms with Crippen LogP contribution in [0.15, 0.2) is 35.3 Å². The van der Waals surface area contributed by atoms with Crippen molar-refractivity contribution in [3.05, 3.63) is 35.9 Å². The number of carbonyl (C=O) groups is 1. The Hall–Kier alpha value is -2.04. The molecule has 1 amide bonds. The van der Waals surface area contributed by atoms with Crippen LogP contribution in [0.5, 0.6) is 0 Å². The van der Waals surface area contributed by atoms with Gasteiger partial charge in [0, 0.05) is 20.1 Å². The summed E-state index contributed by atoms with van der Waals surface area (Å²) in [5.74, 6) is 0.652. The molecule has 0 aliphatic carbocycles. The van der Waals surface area contributed by atoms with E-state index in [4.69, 9.17) is 0 Å². The Balaban J connectivity index is 2.15. The van der Waals surface area contributed by atoms with E-state index in [1.165, 1.54) is 5.56 Å².